The van der Waals surface area contributed by atoms with Crippen LogP contribution in [-0.4, -0.2) is 52.9 Å². The molecule has 0 unspecified atom stereocenters. The third-order valence-corrected chi connectivity index (χ3v) is 9.51. The van der Waals surface area contributed by atoms with Crippen LogP contribution in [0.1, 0.15) is 22.4 Å². The third-order valence-electron chi connectivity index (χ3n) is 8.58. The number of ether oxygens (including phenoxy) is 1. The van der Waals surface area contributed by atoms with E-state index in [-0.39, 0.29) is 17.2 Å². The molecule has 0 saturated heterocycles. The van der Waals surface area contributed by atoms with E-state index in [1.165, 1.54) is 41.7 Å². The molecule has 2 aliphatic rings. The van der Waals surface area contributed by atoms with Crippen LogP contribution in [0, 0.1) is 11.6 Å². The Morgan fingerprint density at radius 2 is 1.82 bits per heavy atom. The number of aromatic nitrogens is 2. The van der Waals surface area contributed by atoms with Gasteiger partial charge in [0.15, 0.2) is 0 Å². The summed E-state index contributed by atoms with van der Waals surface area (Å²) < 4.78 is 36.5. The number of fused-ring (bicyclic) bond motifs is 3. The Bertz CT molecular complexity index is 1970. The summed E-state index contributed by atoms with van der Waals surface area (Å²) in [5, 5.41) is 2.84. The van der Waals surface area contributed by atoms with Crippen molar-refractivity contribution in [3.05, 3.63) is 101 Å². The number of amides is 1. The minimum Gasteiger partial charge on any atom is -0.496 e. The van der Waals surface area contributed by atoms with Crippen molar-refractivity contribution in [1.29, 1.82) is 0 Å². The maximum Gasteiger partial charge on any atom is 0.246 e. The van der Waals surface area contributed by atoms with Gasteiger partial charge in [-0.05, 0) is 59.8 Å². The van der Waals surface area contributed by atoms with Gasteiger partial charge in [0.1, 0.15) is 17.4 Å². The van der Waals surface area contributed by atoms with Gasteiger partial charge in [-0.25, -0.2) is 13.8 Å². The lowest BCUT2D eigenvalue weighted by atomic mass is 9.92. The topological polar surface area (TPSA) is 58.6 Å². The molecule has 7 rings (SSSR count). The van der Waals surface area contributed by atoms with Crippen LogP contribution in [0.2, 0.25) is 0 Å². The summed E-state index contributed by atoms with van der Waals surface area (Å²) in [5.74, 6) is -1.52. The Hall–Kier alpha value is -4.47. The Morgan fingerprint density at radius 3 is 2.64 bits per heavy atom. The van der Waals surface area contributed by atoms with Gasteiger partial charge < -0.3 is 14.5 Å². The predicted molar refractivity (Wildman–Crippen MR) is 170 cm³/mol. The summed E-state index contributed by atoms with van der Waals surface area (Å²) in [5.41, 5.74) is 8.01. The molecule has 0 N–H and O–H groups in total. The summed E-state index contributed by atoms with van der Waals surface area (Å²) in [6, 6.07) is 12.5. The number of pyridine rings is 2. The Labute approximate surface area is 258 Å². The third kappa shape index (κ3) is 4.86. The predicted octanol–water partition coefficient (Wildman–Crippen LogP) is 7.04. The average Bonchev–Trinajstić information content (AvgIpc) is 3.53. The molecule has 222 valence electrons. The molecule has 0 radical (unpaired) electrons. The first-order chi connectivity index (χ1) is 21.3. The summed E-state index contributed by atoms with van der Waals surface area (Å²) in [6.07, 6.45) is 4.65. The van der Waals surface area contributed by atoms with E-state index in [9.17, 15) is 9.18 Å². The average molecular weight is 609 g/mol. The van der Waals surface area contributed by atoms with Gasteiger partial charge in [-0.3, -0.25) is 9.78 Å². The molecule has 2 aromatic carbocycles. The van der Waals surface area contributed by atoms with Gasteiger partial charge in [-0.15, -0.1) is 11.3 Å². The lowest BCUT2D eigenvalue weighted by Gasteiger charge is -2.28. The molecule has 5 aromatic rings. The molecule has 44 heavy (non-hydrogen) atoms. The Balaban J connectivity index is 1.49. The molecule has 1 amide bonds. The standard InChI is InChI=1S/C35H30F2N4O2S/c1-4-30(42)41-11-8-28-24(19-41)14-23(17-38-28)34-32(31-27(37)15-25(36)16-29(31)43-3)35-26(9-12-44-35)33(39-34)21-5-6-22-18-40(2)10-7-20(22)13-21/h4-6,9,12-17H,1,7-8,10-11,18-19H2,2-3H3. The molecule has 9 heteroatoms. The highest BCUT2D eigenvalue weighted by molar-refractivity contribution is 7.18. The zero-order valence-corrected chi connectivity index (χ0v) is 25.3. The second kappa shape index (κ2) is 11.2. The largest absolute Gasteiger partial charge is 0.496 e. The Morgan fingerprint density at radius 1 is 0.977 bits per heavy atom. The van der Waals surface area contributed by atoms with E-state index in [2.05, 4.69) is 36.7 Å². The second-order valence-electron chi connectivity index (χ2n) is 11.3. The van der Waals surface area contributed by atoms with Gasteiger partial charge in [-0.1, -0.05) is 18.7 Å². The number of halogens is 2. The quantitative estimate of drug-likeness (QED) is 0.201. The minimum atomic E-state index is -0.737. The van der Waals surface area contributed by atoms with Gasteiger partial charge in [0, 0.05) is 83.4 Å². The van der Waals surface area contributed by atoms with Crippen molar-refractivity contribution in [2.75, 3.05) is 27.2 Å². The van der Waals surface area contributed by atoms with Gasteiger partial charge in [-0.2, -0.15) is 0 Å². The lowest BCUT2D eigenvalue weighted by molar-refractivity contribution is -0.126. The first kappa shape index (κ1) is 28.3. The molecule has 0 bridgehead atoms. The molecule has 0 spiro atoms. The normalized spacial score (nSPS) is 14.8. The summed E-state index contributed by atoms with van der Waals surface area (Å²) >= 11 is 1.48. The van der Waals surface area contributed by atoms with Gasteiger partial charge in [0.25, 0.3) is 0 Å². The highest BCUT2D eigenvalue weighted by Crippen LogP contribution is 2.47. The van der Waals surface area contributed by atoms with Crippen molar-refractivity contribution in [3.63, 3.8) is 0 Å². The van der Waals surface area contributed by atoms with Crippen molar-refractivity contribution in [3.8, 4) is 39.4 Å². The van der Waals surface area contributed by atoms with Crippen LogP contribution < -0.4 is 4.74 Å². The van der Waals surface area contributed by atoms with E-state index in [1.807, 2.05) is 17.5 Å². The molecule has 0 fully saturated rings. The molecular weight excluding hydrogens is 578 g/mol. The van der Waals surface area contributed by atoms with Gasteiger partial charge >= 0.3 is 0 Å². The van der Waals surface area contributed by atoms with Crippen LogP contribution in [0.15, 0.2) is 66.7 Å². The van der Waals surface area contributed by atoms with E-state index in [0.717, 1.165) is 58.2 Å². The van der Waals surface area contributed by atoms with Gasteiger partial charge in [0.05, 0.1) is 24.1 Å². The molecule has 0 saturated carbocycles. The summed E-state index contributed by atoms with van der Waals surface area (Å²) in [6.45, 7) is 6.46. The second-order valence-corrected chi connectivity index (χ2v) is 12.2. The van der Waals surface area contributed by atoms with Crippen molar-refractivity contribution >= 4 is 27.3 Å². The first-order valence-corrected chi connectivity index (χ1v) is 15.4. The SMILES string of the molecule is C=CC(=O)N1CCc2ncc(-c3nc(-c4ccc5c(c4)CCN(C)C5)c4ccsc4c3-c3c(F)cc(F)cc3OC)cc2C1. The molecular formula is C35H30F2N4O2S. The van der Waals surface area contributed by atoms with Crippen LogP contribution in [0.5, 0.6) is 5.75 Å². The summed E-state index contributed by atoms with van der Waals surface area (Å²) in [4.78, 5) is 26.5. The fraction of sp³-hybridized carbons (Fsp3) is 0.229. The van der Waals surface area contributed by atoms with Crippen LogP contribution in [0.3, 0.4) is 0 Å². The van der Waals surface area contributed by atoms with Crippen LogP contribution in [0.4, 0.5) is 8.78 Å². The highest BCUT2D eigenvalue weighted by atomic mass is 32.1. The number of methoxy groups -OCH3 is 1. The van der Waals surface area contributed by atoms with Crippen LogP contribution in [0.25, 0.3) is 43.7 Å². The number of rotatable bonds is 5. The molecule has 5 heterocycles. The number of nitrogens with zero attached hydrogens (tertiary/aromatic N) is 4. The lowest BCUT2D eigenvalue weighted by Crippen LogP contribution is -2.35. The van der Waals surface area contributed by atoms with E-state index < -0.39 is 11.6 Å². The van der Waals surface area contributed by atoms with E-state index in [1.54, 1.807) is 11.1 Å². The van der Waals surface area contributed by atoms with Crippen molar-refractivity contribution in [2.45, 2.75) is 25.9 Å². The van der Waals surface area contributed by atoms with Crippen molar-refractivity contribution in [2.24, 2.45) is 0 Å². The Kier molecular flexibility index (Phi) is 7.22. The van der Waals surface area contributed by atoms with Crippen molar-refractivity contribution < 1.29 is 18.3 Å². The smallest absolute Gasteiger partial charge is 0.246 e. The fourth-order valence-corrected chi connectivity index (χ4v) is 7.30. The molecule has 0 aliphatic carbocycles. The van der Waals surface area contributed by atoms with E-state index >= 15 is 4.39 Å². The number of carbonyl (C=O) groups is 1. The maximum absolute atomic E-state index is 15.8. The fourth-order valence-electron chi connectivity index (χ4n) is 6.35. The zero-order valence-electron chi connectivity index (χ0n) is 24.5. The number of hydrogen-bond donors (Lipinski definition) is 0. The number of hydrogen-bond acceptors (Lipinski definition) is 6. The molecule has 2 aliphatic heterocycles. The zero-order chi connectivity index (χ0) is 30.5. The number of carbonyl (C=O) groups excluding carboxylic acids is 1. The monoisotopic (exact) mass is 608 g/mol. The molecule has 3 aromatic heterocycles. The van der Waals surface area contributed by atoms with E-state index in [0.29, 0.717) is 36.3 Å². The van der Waals surface area contributed by atoms with Crippen molar-refractivity contribution in [1.82, 2.24) is 19.8 Å². The highest BCUT2D eigenvalue weighted by Gasteiger charge is 2.27. The molecule has 0 atom stereocenters. The number of benzene rings is 2. The first-order valence-electron chi connectivity index (χ1n) is 14.5. The summed E-state index contributed by atoms with van der Waals surface area (Å²) in [7, 11) is 3.53. The van der Waals surface area contributed by atoms with E-state index in [4.69, 9.17) is 14.7 Å². The number of likely N-dealkylation sites (N-methyl/N-ethyl adjacent to an activating group) is 1. The maximum atomic E-state index is 15.8. The number of thiophene rings is 1. The van der Waals surface area contributed by atoms with Crippen LogP contribution in [-0.2, 0) is 30.7 Å². The minimum absolute atomic E-state index is 0.0829. The van der Waals surface area contributed by atoms with Crippen LogP contribution >= 0.6 is 11.3 Å². The molecule has 6 nitrogen and oxygen atoms in total. The van der Waals surface area contributed by atoms with Gasteiger partial charge in [0.2, 0.25) is 5.91 Å².